The van der Waals surface area contributed by atoms with Crippen LogP contribution in [0.4, 0.5) is 0 Å². The quantitative estimate of drug-likeness (QED) is 0.0487. The number of Topliss-reactive ketones (excluding diaryl/α,β-unsaturated/α-hetero) is 1. The summed E-state index contributed by atoms with van der Waals surface area (Å²) in [6, 6.07) is 0. The number of hydrogen-bond acceptors (Lipinski definition) is 15. The Hall–Kier alpha value is -3.67. The van der Waals surface area contributed by atoms with Crippen molar-refractivity contribution in [3.63, 3.8) is 0 Å². The first kappa shape index (κ1) is 35.3. The largest absolute Gasteiger partial charge is 0.481 e. The van der Waals surface area contributed by atoms with Crippen LogP contribution in [0, 0.1) is 0 Å². The molecule has 17 nitrogen and oxygen atoms in total. The number of esters is 4. The lowest BCUT2D eigenvalue weighted by atomic mass is 10.3. The van der Waals surface area contributed by atoms with Gasteiger partial charge in [-0.15, -0.1) is 0 Å². The van der Waals surface area contributed by atoms with Crippen molar-refractivity contribution in [3.8, 4) is 0 Å². The monoisotopic (exact) mass is 568 g/mol. The molecular weight excluding hydrogens is 536 g/mol. The standard InChI is InChI=1S/C22H32O17/c1-12(34-7-14(25)6-23)3-19(30)36-8-15(9-37-20(31)4-17(26)27)35-10-16(11-38-22(33)13(2)24)39-21(32)5-18(28)29/h12,14-16,23,25H,3-11H2,1-2H3,(H,26,27)(H,28,29). The Morgan fingerprint density at radius 3 is 1.77 bits per heavy atom. The molecule has 0 aromatic heterocycles. The third-order valence-corrected chi connectivity index (χ3v) is 4.19. The minimum atomic E-state index is -1.51. The molecule has 0 spiro atoms. The summed E-state index contributed by atoms with van der Waals surface area (Å²) in [4.78, 5) is 79.3. The van der Waals surface area contributed by atoms with Crippen molar-refractivity contribution >= 4 is 41.6 Å². The second-order valence-electron chi connectivity index (χ2n) is 7.91. The number of carboxylic acids is 2. The molecular formula is C22H32O17. The van der Waals surface area contributed by atoms with Crippen molar-refractivity contribution in [2.75, 3.05) is 39.6 Å². The minimum Gasteiger partial charge on any atom is -0.481 e. The van der Waals surface area contributed by atoms with E-state index in [1.54, 1.807) is 0 Å². The Kier molecular flexibility index (Phi) is 17.6. The van der Waals surface area contributed by atoms with E-state index >= 15 is 0 Å². The summed E-state index contributed by atoms with van der Waals surface area (Å²) in [5, 5.41) is 35.4. The molecule has 39 heavy (non-hydrogen) atoms. The molecule has 0 aliphatic heterocycles. The van der Waals surface area contributed by atoms with Gasteiger partial charge in [0.15, 0.2) is 6.10 Å². The van der Waals surface area contributed by atoms with Gasteiger partial charge in [-0.2, -0.15) is 0 Å². The lowest BCUT2D eigenvalue weighted by Crippen LogP contribution is -2.36. The number of aliphatic hydroxyl groups excluding tert-OH is 2. The Balaban J connectivity index is 5.22. The van der Waals surface area contributed by atoms with Crippen LogP contribution in [0.1, 0.15) is 33.1 Å². The fraction of sp³-hybridized carbons (Fsp3) is 0.682. The summed E-state index contributed by atoms with van der Waals surface area (Å²) in [5.74, 6) is -8.42. The highest BCUT2D eigenvalue weighted by Crippen LogP contribution is 2.07. The highest BCUT2D eigenvalue weighted by molar-refractivity contribution is 6.32. The van der Waals surface area contributed by atoms with Crippen molar-refractivity contribution in [1.82, 2.24) is 0 Å². The Labute approximate surface area is 221 Å². The van der Waals surface area contributed by atoms with Gasteiger partial charge in [-0.25, -0.2) is 4.79 Å². The van der Waals surface area contributed by atoms with Crippen molar-refractivity contribution in [1.29, 1.82) is 0 Å². The highest BCUT2D eigenvalue weighted by atomic mass is 16.6. The van der Waals surface area contributed by atoms with E-state index in [-0.39, 0.29) is 13.0 Å². The first-order valence-corrected chi connectivity index (χ1v) is 11.4. The lowest BCUT2D eigenvalue weighted by Gasteiger charge is -2.22. The molecule has 0 aromatic carbocycles. The maximum Gasteiger partial charge on any atom is 0.374 e. The second kappa shape index (κ2) is 19.4. The van der Waals surface area contributed by atoms with E-state index in [0.29, 0.717) is 0 Å². The van der Waals surface area contributed by atoms with Gasteiger partial charge in [0.2, 0.25) is 5.78 Å². The number of hydrogen-bond donors (Lipinski definition) is 4. The molecule has 0 saturated carbocycles. The number of carbonyl (C=O) groups is 7. The van der Waals surface area contributed by atoms with Crippen LogP contribution in [-0.4, -0.2) is 126 Å². The molecule has 0 rings (SSSR count). The number of carbonyl (C=O) groups excluding carboxylic acids is 5. The minimum absolute atomic E-state index is 0.244. The number of ketones is 1. The molecule has 0 fully saturated rings. The zero-order valence-electron chi connectivity index (χ0n) is 21.3. The van der Waals surface area contributed by atoms with Crippen molar-refractivity contribution in [2.24, 2.45) is 0 Å². The number of aliphatic hydroxyl groups is 2. The third-order valence-electron chi connectivity index (χ3n) is 4.19. The van der Waals surface area contributed by atoms with Crippen LogP contribution in [0.5, 0.6) is 0 Å². The summed E-state index contributed by atoms with van der Waals surface area (Å²) in [5.41, 5.74) is 0. The number of ether oxygens (including phenoxy) is 6. The summed E-state index contributed by atoms with van der Waals surface area (Å²) >= 11 is 0. The van der Waals surface area contributed by atoms with E-state index in [1.807, 2.05) is 0 Å². The van der Waals surface area contributed by atoms with E-state index in [1.165, 1.54) is 6.92 Å². The van der Waals surface area contributed by atoms with Gasteiger partial charge in [-0.3, -0.25) is 28.8 Å². The van der Waals surface area contributed by atoms with Gasteiger partial charge < -0.3 is 48.8 Å². The van der Waals surface area contributed by atoms with E-state index in [4.69, 9.17) is 39.0 Å². The number of aliphatic carboxylic acids is 2. The molecule has 4 unspecified atom stereocenters. The summed E-state index contributed by atoms with van der Waals surface area (Å²) in [6.07, 6.45) is -6.87. The summed E-state index contributed by atoms with van der Waals surface area (Å²) in [7, 11) is 0. The Bertz CT molecular complexity index is 854. The molecule has 4 atom stereocenters. The van der Waals surface area contributed by atoms with Crippen LogP contribution in [0.15, 0.2) is 0 Å². The molecule has 0 heterocycles. The lowest BCUT2D eigenvalue weighted by molar-refractivity contribution is -0.171. The van der Waals surface area contributed by atoms with Crippen LogP contribution in [0.3, 0.4) is 0 Å². The first-order chi connectivity index (χ1) is 18.2. The molecule has 17 heteroatoms. The Morgan fingerprint density at radius 1 is 0.692 bits per heavy atom. The topological polar surface area (TPSA) is 256 Å². The van der Waals surface area contributed by atoms with Crippen LogP contribution in [0.25, 0.3) is 0 Å². The highest BCUT2D eigenvalue weighted by Gasteiger charge is 2.24. The molecule has 0 saturated heterocycles. The van der Waals surface area contributed by atoms with E-state index < -0.39 is 112 Å². The van der Waals surface area contributed by atoms with Crippen molar-refractivity contribution in [3.05, 3.63) is 0 Å². The molecule has 0 amide bonds. The van der Waals surface area contributed by atoms with Crippen LogP contribution in [-0.2, 0) is 62.0 Å². The molecule has 4 N–H and O–H groups in total. The fourth-order valence-corrected chi connectivity index (χ4v) is 2.35. The summed E-state index contributed by atoms with van der Waals surface area (Å²) < 4.78 is 29.9. The predicted octanol–water partition coefficient (Wildman–Crippen LogP) is -2.40. The van der Waals surface area contributed by atoms with Crippen molar-refractivity contribution < 1.29 is 82.4 Å². The van der Waals surface area contributed by atoms with E-state index in [2.05, 4.69) is 4.74 Å². The predicted molar refractivity (Wildman–Crippen MR) is 121 cm³/mol. The number of rotatable bonds is 21. The first-order valence-electron chi connectivity index (χ1n) is 11.4. The maximum absolute atomic E-state index is 12.1. The van der Waals surface area contributed by atoms with E-state index in [0.717, 1.165) is 6.92 Å². The van der Waals surface area contributed by atoms with Gasteiger partial charge >= 0.3 is 35.8 Å². The van der Waals surface area contributed by atoms with Gasteiger partial charge in [0.25, 0.3) is 0 Å². The van der Waals surface area contributed by atoms with Gasteiger partial charge in [-0.05, 0) is 6.92 Å². The van der Waals surface area contributed by atoms with E-state index in [9.17, 15) is 38.7 Å². The maximum atomic E-state index is 12.1. The van der Waals surface area contributed by atoms with Crippen LogP contribution < -0.4 is 0 Å². The zero-order valence-corrected chi connectivity index (χ0v) is 21.3. The smallest absolute Gasteiger partial charge is 0.374 e. The van der Waals surface area contributed by atoms with Crippen LogP contribution >= 0.6 is 0 Å². The average molecular weight is 568 g/mol. The summed E-state index contributed by atoms with van der Waals surface area (Å²) in [6.45, 7) is -0.904. The number of carboxylic acid groups (broad SMARTS) is 2. The molecule has 0 radical (unpaired) electrons. The van der Waals surface area contributed by atoms with Gasteiger partial charge in [-0.1, -0.05) is 0 Å². The molecule has 0 aliphatic rings. The van der Waals surface area contributed by atoms with Gasteiger partial charge in [0.1, 0.15) is 44.9 Å². The van der Waals surface area contributed by atoms with Crippen molar-refractivity contribution in [2.45, 2.75) is 57.5 Å². The zero-order chi connectivity index (χ0) is 30.0. The van der Waals surface area contributed by atoms with Gasteiger partial charge in [0.05, 0.1) is 32.3 Å². The molecule has 0 bridgehead atoms. The molecule has 0 aromatic rings. The second-order valence-corrected chi connectivity index (χ2v) is 7.91. The SMILES string of the molecule is CC(=O)C(=O)OCC(COC(COC(=O)CC(=O)O)COC(=O)CC(C)OCC(O)CO)OC(=O)CC(=O)O. The van der Waals surface area contributed by atoms with Crippen LogP contribution in [0.2, 0.25) is 0 Å². The third kappa shape index (κ3) is 19.1. The van der Waals surface area contributed by atoms with Gasteiger partial charge in [0, 0.05) is 6.92 Å². The molecule has 0 aliphatic carbocycles. The molecule has 222 valence electrons. The average Bonchev–Trinajstić information content (AvgIpc) is 2.83. The fourth-order valence-electron chi connectivity index (χ4n) is 2.35. The Morgan fingerprint density at radius 2 is 1.23 bits per heavy atom. The normalized spacial score (nSPS) is 13.7.